The van der Waals surface area contributed by atoms with E-state index in [-0.39, 0.29) is 11.5 Å². The third kappa shape index (κ3) is 1.80. The third-order valence-corrected chi connectivity index (χ3v) is 6.35. The molecular formula is C18H25NO2. The third-order valence-electron chi connectivity index (χ3n) is 6.35. The van der Waals surface area contributed by atoms with Gasteiger partial charge in [0, 0.05) is 17.4 Å². The molecule has 1 aromatic carbocycles. The molecule has 114 valence electrons. The van der Waals surface area contributed by atoms with E-state index in [9.17, 15) is 5.11 Å². The molecule has 4 unspecified atom stereocenters. The van der Waals surface area contributed by atoms with E-state index in [1.807, 2.05) is 0 Å². The first-order chi connectivity index (χ1) is 10.2. The van der Waals surface area contributed by atoms with Gasteiger partial charge < -0.3 is 14.7 Å². The largest absolute Gasteiger partial charge is 0.497 e. The lowest BCUT2D eigenvalue weighted by molar-refractivity contribution is -0.0746. The fraction of sp³-hybridized carbons (Fsp3) is 0.667. The van der Waals surface area contributed by atoms with Gasteiger partial charge in [0.1, 0.15) is 5.75 Å². The summed E-state index contributed by atoms with van der Waals surface area (Å²) in [7, 11) is 3.97. The molecule has 1 aliphatic heterocycles. The van der Waals surface area contributed by atoms with Crippen molar-refractivity contribution >= 4 is 0 Å². The van der Waals surface area contributed by atoms with Crippen LogP contribution in [0.1, 0.15) is 36.8 Å². The van der Waals surface area contributed by atoms with E-state index >= 15 is 0 Å². The zero-order valence-corrected chi connectivity index (χ0v) is 13.0. The molecule has 0 spiro atoms. The summed E-state index contributed by atoms with van der Waals surface area (Å²) in [5.41, 5.74) is 3.12. The van der Waals surface area contributed by atoms with Crippen molar-refractivity contribution in [1.29, 1.82) is 0 Å². The number of hydrogen-bond acceptors (Lipinski definition) is 3. The summed E-state index contributed by atoms with van der Waals surface area (Å²) in [6.07, 6.45) is 5.42. The molecule has 1 N–H and O–H groups in total. The maximum atomic E-state index is 10.7. The van der Waals surface area contributed by atoms with Crippen molar-refractivity contribution in [2.45, 2.75) is 49.7 Å². The molecule has 2 aliphatic carbocycles. The van der Waals surface area contributed by atoms with Crippen LogP contribution in [0.5, 0.6) is 5.75 Å². The molecular weight excluding hydrogens is 262 g/mol. The van der Waals surface area contributed by atoms with Crippen LogP contribution in [-0.4, -0.2) is 42.9 Å². The normalized spacial score (nSPS) is 38.5. The van der Waals surface area contributed by atoms with E-state index in [0.717, 1.165) is 31.6 Å². The van der Waals surface area contributed by atoms with E-state index in [0.29, 0.717) is 12.0 Å². The minimum absolute atomic E-state index is 0.147. The SMILES string of the molecule is COc1ccc2c(c1)C13CCCC(O)C1C(C2)N(C)CC3. The van der Waals surface area contributed by atoms with Gasteiger partial charge in [-0.05, 0) is 69.0 Å². The second-order valence-corrected chi connectivity index (χ2v) is 7.17. The number of piperidine rings is 1. The van der Waals surface area contributed by atoms with Gasteiger partial charge in [0.2, 0.25) is 0 Å². The van der Waals surface area contributed by atoms with Gasteiger partial charge >= 0.3 is 0 Å². The minimum Gasteiger partial charge on any atom is -0.497 e. The fourth-order valence-electron chi connectivity index (χ4n) is 5.35. The van der Waals surface area contributed by atoms with E-state index < -0.39 is 0 Å². The van der Waals surface area contributed by atoms with E-state index in [2.05, 4.69) is 30.1 Å². The van der Waals surface area contributed by atoms with Crippen LogP contribution in [0.2, 0.25) is 0 Å². The number of benzene rings is 1. The quantitative estimate of drug-likeness (QED) is 0.860. The lowest BCUT2D eigenvalue weighted by Crippen LogP contribution is -2.63. The molecule has 0 radical (unpaired) electrons. The number of ether oxygens (including phenoxy) is 1. The van der Waals surface area contributed by atoms with Crippen LogP contribution in [0.3, 0.4) is 0 Å². The molecule has 3 nitrogen and oxygen atoms in total. The van der Waals surface area contributed by atoms with E-state index in [4.69, 9.17) is 4.74 Å². The van der Waals surface area contributed by atoms with Gasteiger partial charge in [-0.15, -0.1) is 0 Å². The van der Waals surface area contributed by atoms with Crippen molar-refractivity contribution in [3.05, 3.63) is 29.3 Å². The highest BCUT2D eigenvalue weighted by molar-refractivity contribution is 5.46. The number of rotatable bonds is 1. The topological polar surface area (TPSA) is 32.7 Å². The summed E-state index contributed by atoms with van der Waals surface area (Å²) in [5.74, 6) is 1.35. The van der Waals surface area contributed by atoms with Gasteiger partial charge in [-0.3, -0.25) is 0 Å². The van der Waals surface area contributed by atoms with Crippen LogP contribution in [0.15, 0.2) is 18.2 Å². The highest BCUT2D eigenvalue weighted by Crippen LogP contribution is 2.55. The molecule has 3 aliphatic rings. The highest BCUT2D eigenvalue weighted by atomic mass is 16.5. The summed E-state index contributed by atoms with van der Waals surface area (Å²) in [6, 6.07) is 7.08. The standard InChI is InChI=1S/C18H25NO2/c1-19-9-8-18-7-3-4-16(20)17(18)15(19)10-12-5-6-13(21-2)11-14(12)18/h5-6,11,15-17,20H,3-4,7-10H2,1-2H3. The van der Waals surface area contributed by atoms with Gasteiger partial charge in [0.15, 0.2) is 0 Å². The zero-order valence-electron chi connectivity index (χ0n) is 13.0. The first-order valence-corrected chi connectivity index (χ1v) is 8.21. The van der Waals surface area contributed by atoms with Crippen molar-refractivity contribution in [2.75, 3.05) is 20.7 Å². The summed E-state index contributed by atoms with van der Waals surface area (Å²) in [4.78, 5) is 2.48. The van der Waals surface area contributed by atoms with Gasteiger partial charge in [-0.2, -0.15) is 0 Å². The maximum Gasteiger partial charge on any atom is 0.119 e. The number of hydrogen-bond donors (Lipinski definition) is 1. The fourth-order valence-corrected chi connectivity index (χ4v) is 5.35. The van der Waals surface area contributed by atoms with Gasteiger partial charge in [-0.1, -0.05) is 6.07 Å². The Morgan fingerprint density at radius 1 is 1.33 bits per heavy atom. The summed E-state index contributed by atoms with van der Waals surface area (Å²) >= 11 is 0. The highest BCUT2D eigenvalue weighted by Gasteiger charge is 2.56. The molecule has 3 heteroatoms. The maximum absolute atomic E-state index is 10.7. The predicted molar refractivity (Wildman–Crippen MR) is 82.8 cm³/mol. The van der Waals surface area contributed by atoms with Gasteiger partial charge in [0.25, 0.3) is 0 Å². The Bertz CT molecular complexity index is 558. The van der Waals surface area contributed by atoms with Crippen molar-refractivity contribution in [3.63, 3.8) is 0 Å². The average Bonchev–Trinajstić information content (AvgIpc) is 2.51. The molecule has 1 saturated carbocycles. The number of aliphatic hydroxyl groups is 1. The minimum atomic E-state index is -0.147. The summed E-state index contributed by atoms with van der Waals surface area (Å²) < 4.78 is 5.47. The Kier molecular flexibility index (Phi) is 3.05. The Morgan fingerprint density at radius 3 is 3.00 bits per heavy atom. The van der Waals surface area contributed by atoms with Crippen molar-refractivity contribution in [2.24, 2.45) is 5.92 Å². The average molecular weight is 287 g/mol. The molecule has 21 heavy (non-hydrogen) atoms. The second kappa shape index (κ2) is 4.72. The van der Waals surface area contributed by atoms with Crippen molar-refractivity contribution in [3.8, 4) is 5.75 Å². The first kappa shape index (κ1) is 13.6. The van der Waals surface area contributed by atoms with Gasteiger partial charge in [0.05, 0.1) is 13.2 Å². The number of likely N-dealkylation sites (tertiary alicyclic amines) is 1. The molecule has 1 saturated heterocycles. The molecule has 4 rings (SSSR count). The lowest BCUT2D eigenvalue weighted by atomic mass is 9.51. The Labute approximate surface area is 126 Å². The number of nitrogens with zero attached hydrogens (tertiary/aromatic N) is 1. The Balaban J connectivity index is 1.90. The zero-order chi connectivity index (χ0) is 14.6. The monoisotopic (exact) mass is 287 g/mol. The van der Waals surface area contributed by atoms with E-state index in [1.165, 1.54) is 24.0 Å². The summed E-state index contributed by atoms with van der Waals surface area (Å²) in [5, 5.41) is 10.7. The number of aliphatic hydroxyl groups excluding tert-OH is 1. The molecule has 0 aromatic heterocycles. The van der Waals surface area contributed by atoms with Crippen LogP contribution < -0.4 is 4.74 Å². The number of likely N-dealkylation sites (N-methyl/N-ethyl adjacent to an activating group) is 1. The molecule has 1 aromatic rings. The van der Waals surface area contributed by atoms with Crippen LogP contribution >= 0.6 is 0 Å². The first-order valence-electron chi connectivity index (χ1n) is 8.21. The molecule has 1 heterocycles. The summed E-state index contributed by atoms with van der Waals surface area (Å²) in [6.45, 7) is 1.14. The van der Waals surface area contributed by atoms with Crippen LogP contribution in [0.4, 0.5) is 0 Å². The van der Waals surface area contributed by atoms with Crippen molar-refractivity contribution in [1.82, 2.24) is 4.90 Å². The van der Waals surface area contributed by atoms with Crippen LogP contribution in [0, 0.1) is 5.92 Å². The predicted octanol–water partition coefficient (Wildman–Crippen LogP) is 2.35. The molecule has 2 bridgehead atoms. The van der Waals surface area contributed by atoms with Crippen molar-refractivity contribution < 1.29 is 9.84 Å². The molecule has 4 atom stereocenters. The molecule has 0 amide bonds. The number of fused-ring (bicyclic) bond motifs is 1. The Morgan fingerprint density at radius 2 is 2.19 bits per heavy atom. The smallest absolute Gasteiger partial charge is 0.119 e. The molecule has 2 fully saturated rings. The second-order valence-electron chi connectivity index (χ2n) is 7.17. The lowest BCUT2D eigenvalue weighted by Gasteiger charge is -2.59. The van der Waals surface area contributed by atoms with Crippen LogP contribution in [-0.2, 0) is 11.8 Å². The number of methoxy groups -OCH3 is 1. The van der Waals surface area contributed by atoms with Crippen LogP contribution in [0.25, 0.3) is 0 Å². The Hall–Kier alpha value is -1.06. The van der Waals surface area contributed by atoms with E-state index in [1.54, 1.807) is 7.11 Å². The van der Waals surface area contributed by atoms with Gasteiger partial charge in [-0.25, -0.2) is 0 Å².